The van der Waals surface area contributed by atoms with Gasteiger partial charge in [-0.1, -0.05) is 140 Å². The van der Waals surface area contributed by atoms with Gasteiger partial charge in [-0.25, -0.2) is 0 Å². The highest BCUT2D eigenvalue weighted by molar-refractivity contribution is 6.30. The first-order valence-corrected chi connectivity index (χ1v) is 14.7. The number of nitrogens with zero attached hydrogens (tertiary/aromatic N) is 1. The van der Waals surface area contributed by atoms with Crippen molar-refractivity contribution in [1.29, 1.82) is 0 Å². The first-order chi connectivity index (χ1) is 16.2. The lowest BCUT2D eigenvalue weighted by atomic mass is 10.1. The molecule has 3 heteroatoms. The maximum atomic E-state index is 10.8. The zero-order chi connectivity index (χ0) is 24.0. The number of unbranched alkanes of at least 4 members (excludes halogenated alkanes) is 16. The summed E-state index contributed by atoms with van der Waals surface area (Å²) < 4.78 is 0. The van der Waals surface area contributed by atoms with Crippen LogP contribution in [0.1, 0.15) is 141 Å². The molecule has 33 heavy (non-hydrogen) atoms. The number of benzene rings is 1. The fourth-order valence-electron chi connectivity index (χ4n) is 4.62. The van der Waals surface area contributed by atoms with E-state index in [0.717, 1.165) is 30.2 Å². The van der Waals surface area contributed by atoms with Gasteiger partial charge in [-0.3, -0.25) is 0 Å². The van der Waals surface area contributed by atoms with Crippen LogP contribution in [-0.2, 0) is 0 Å². The van der Waals surface area contributed by atoms with Crippen molar-refractivity contribution in [3.8, 4) is 0 Å². The zero-order valence-corrected chi connectivity index (χ0v) is 22.8. The summed E-state index contributed by atoms with van der Waals surface area (Å²) in [7, 11) is 0. The molecule has 2 nitrogen and oxygen atoms in total. The molecule has 1 aromatic carbocycles. The monoisotopic (exact) mass is 479 g/mol. The summed E-state index contributed by atoms with van der Waals surface area (Å²) in [6, 6.07) is 7.68. The molecule has 1 N–H and O–H groups in total. The Bertz CT molecular complexity index is 511. The van der Waals surface area contributed by atoms with E-state index < -0.39 is 6.10 Å². The van der Waals surface area contributed by atoms with Crippen molar-refractivity contribution in [2.75, 3.05) is 19.6 Å². The Morgan fingerprint density at radius 1 is 0.606 bits per heavy atom. The van der Waals surface area contributed by atoms with E-state index in [1.165, 1.54) is 116 Å². The van der Waals surface area contributed by atoms with Crippen LogP contribution in [0, 0.1) is 0 Å². The molecule has 192 valence electrons. The largest absolute Gasteiger partial charge is 0.387 e. The normalized spacial score (nSPS) is 12.5. The van der Waals surface area contributed by atoms with Crippen LogP contribution in [-0.4, -0.2) is 29.6 Å². The Morgan fingerprint density at radius 3 is 1.36 bits per heavy atom. The van der Waals surface area contributed by atoms with Crippen molar-refractivity contribution in [2.24, 2.45) is 0 Å². The first kappa shape index (κ1) is 30.5. The van der Waals surface area contributed by atoms with Gasteiger partial charge in [0, 0.05) is 11.6 Å². The highest BCUT2D eigenvalue weighted by Crippen LogP contribution is 2.19. The third-order valence-electron chi connectivity index (χ3n) is 6.84. The van der Waals surface area contributed by atoms with Gasteiger partial charge in [-0.05, 0) is 43.6 Å². The number of aliphatic hydroxyl groups is 1. The Balaban J connectivity index is 2.28. The molecule has 0 amide bonds. The topological polar surface area (TPSA) is 23.5 Å². The van der Waals surface area contributed by atoms with Gasteiger partial charge in [0.2, 0.25) is 0 Å². The molecule has 1 atom stereocenters. The van der Waals surface area contributed by atoms with Gasteiger partial charge < -0.3 is 10.0 Å². The van der Waals surface area contributed by atoms with E-state index in [0.29, 0.717) is 0 Å². The van der Waals surface area contributed by atoms with Crippen LogP contribution in [0.5, 0.6) is 0 Å². The molecule has 1 rings (SSSR count). The number of aliphatic hydroxyl groups excluding tert-OH is 1. The van der Waals surface area contributed by atoms with E-state index in [-0.39, 0.29) is 0 Å². The van der Waals surface area contributed by atoms with Crippen molar-refractivity contribution in [1.82, 2.24) is 4.90 Å². The van der Waals surface area contributed by atoms with Crippen LogP contribution in [0.3, 0.4) is 0 Å². The van der Waals surface area contributed by atoms with Crippen molar-refractivity contribution in [2.45, 2.75) is 136 Å². The van der Waals surface area contributed by atoms with Crippen molar-refractivity contribution >= 4 is 11.6 Å². The van der Waals surface area contributed by atoms with E-state index in [1.54, 1.807) is 0 Å². The van der Waals surface area contributed by atoms with Crippen molar-refractivity contribution in [3.05, 3.63) is 34.9 Å². The Kier molecular flexibility index (Phi) is 20.2. The Hall–Kier alpha value is -0.570. The third kappa shape index (κ3) is 17.5. The summed E-state index contributed by atoms with van der Waals surface area (Å²) in [6.07, 6.45) is 24.1. The second kappa shape index (κ2) is 21.9. The molecule has 0 fully saturated rings. The molecule has 0 aliphatic heterocycles. The van der Waals surface area contributed by atoms with E-state index in [4.69, 9.17) is 11.6 Å². The minimum atomic E-state index is -0.431. The number of hydrogen-bond acceptors (Lipinski definition) is 2. The Morgan fingerprint density at radius 2 is 0.970 bits per heavy atom. The summed E-state index contributed by atoms with van der Waals surface area (Å²) in [6.45, 7) is 7.51. The summed E-state index contributed by atoms with van der Waals surface area (Å²) in [5.74, 6) is 0. The lowest BCUT2D eigenvalue weighted by Gasteiger charge is -2.25. The lowest BCUT2D eigenvalue weighted by Crippen LogP contribution is -2.31. The fraction of sp³-hybridized carbons (Fsp3) is 0.800. The predicted octanol–water partition coefficient (Wildman–Crippen LogP) is 9.74. The smallest absolute Gasteiger partial charge is 0.0916 e. The molecule has 0 saturated heterocycles. The molecule has 0 aliphatic carbocycles. The fourth-order valence-corrected chi connectivity index (χ4v) is 4.75. The molecular formula is C30H54ClNO. The van der Waals surface area contributed by atoms with Crippen LogP contribution >= 0.6 is 11.6 Å². The van der Waals surface area contributed by atoms with Gasteiger partial charge >= 0.3 is 0 Å². The van der Waals surface area contributed by atoms with Gasteiger partial charge in [0.15, 0.2) is 0 Å². The average molecular weight is 480 g/mol. The molecule has 0 bridgehead atoms. The third-order valence-corrected chi connectivity index (χ3v) is 7.09. The summed E-state index contributed by atoms with van der Waals surface area (Å²) in [4.78, 5) is 2.50. The Labute approximate surface area is 211 Å². The van der Waals surface area contributed by atoms with Crippen molar-refractivity contribution < 1.29 is 5.11 Å². The van der Waals surface area contributed by atoms with E-state index in [2.05, 4.69) is 18.7 Å². The standard InChI is InChI=1S/C30H54ClNO/c1-3-5-7-9-11-13-15-17-19-25-32(26-20-18-16-14-12-10-8-6-4-2)27-30(33)28-21-23-29(31)24-22-28/h21-24,30,33H,3-20,25-27H2,1-2H3. The van der Waals surface area contributed by atoms with Gasteiger partial charge in [0.25, 0.3) is 0 Å². The lowest BCUT2D eigenvalue weighted by molar-refractivity contribution is 0.110. The second-order valence-electron chi connectivity index (χ2n) is 10.0. The van der Waals surface area contributed by atoms with Gasteiger partial charge in [0.05, 0.1) is 6.10 Å². The molecule has 0 aliphatic rings. The maximum Gasteiger partial charge on any atom is 0.0916 e. The first-order valence-electron chi connectivity index (χ1n) is 14.3. The molecule has 1 aromatic rings. The predicted molar refractivity (Wildman–Crippen MR) is 147 cm³/mol. The van der Waals surface area contributed by atoms with E-state index >= 15 is 0 Å². The van der Waals surface area contributed by atoms with E-state index in [9.17, 15) is 5.11 Å². The van der Waals surface area contributed by atoms with Gasteiger partial charge in [0.1, 0.15) is 0 Å². The summed E-state index contributed by atoms with van der Waals surface area (Å²) in [5, 5.41) is 11.5. The van der Waals surface area contributed by atoms with Crippen LogP contribution in [0.2, 0.25) is 5.02 Å². The molecular weight excluding hydrogens is 426 g/mol. The molecule has 1 unspecified atom stereocenters. The minimum Gasteiger partial charge on any atom is -0.387 e. The molecule has 0 radical (unpaired) electrons. The molecule has 0 spiro atoms. The van der Waals surface area contributed by atoms with Crippen LogP contribution in [0.4, 0.5) is 0 Å². The van der Waals surface area contributed by atoms with Gasteiger partial charge in [-0.15, -0.1) is 0 Å². The zero-order valence-electron chi connectivity index (χ0n) is 22.0. The quantitative estimate of drug-likeness (QED) is 0.158. The van der Waals surface area contributed by atoms with Crippen LogP contribution in [0.25, 0.3) is 0 Å². The molecule has 0 aromatic heterocycles. The number of hydrogen-bond donors (Lipinski definition) is 1. The molecule has 0 saturated carbocycles. The summed E-state index contributed by atoms with van der Waals surface area (Å²) >= 11 is 6.02. The highest BCUT2D eigenvalue weighted by Gasteiger charge is 2.13. The highest BCUT2D eigenvalue weighted by atomic mass is 35.5. The van der Waals surface area contributed by atoms with Gasteiger partial charge in [-0.2, -0.15) is 0 Å². The SMILES string of the molecule is CCCCCCCCCCCN(CCCCCCCCCCC)CC(O)c1ccc(Cl)cc1. The summed E-state index contributed by atoms with van der Waals surface area (Å²) in [5.41, 5.74) is 0.976. The number of halogens is 1. The van der Waals surface area contributed by atoms with Crippen molar-refractivity contribution in [3.63, 3.8) is 0 Å². The second-order valence-corrected chi connectivity index (χ2v) is 10.5. The van der Waals surface area contributed by atoms with E-state index in [1.807, 2.05) is 24.3 Å². The van der Waals surface area contributed by atoms with Crippen LogP contribution in [0.15, 0.2) is 24.3 Å². The minimum absolute atomic E-state index is 0.431. The number of rotatable bonds is 23. The maximum absolute atomic E-state index is 10.8. The average Bonchev–Trinajstić information content (AvgIpc) is 2.82. The molecule has 0 heterocycles. The van der Waals surface area contributed by atoms with Crippen LogP contribution < -0.4 is 0 Å².